The van der Waals surface area contributed by atoms with Crippen molar-refractivity contribution in [2.24, 2.45) is 0 Å². The summed E-state index contributed by atoms with van der Waals surface area (Å²) in [5.74, 6) is -0.537. The summed E-state index contributed by atoms with van der Waals surface area (Å²) >= 11 is 0. The fourth-order valence-corrected chi connectivity index (χ4v) is 0.678. The van der Waals surface area contributed by atoms with E-state index in [1.807, 2.05) is 0 Å². The van der Waals surface area contributed by atoms with Crippen molar-refractivity contribution in [1.82, 2.24) is 5.32 Å². The van der Waals surface area contributed by atoms with E-state index < -0.39 is 18.1 Å². The summed E-state index contributed by atoms with van der Waals surface area (Å²) in [5.41, 5.74) is 0. The second kappa shape index (κ2) is 7.61. The van der Waals surface area contributed by atoms with Crippen LogP contribution >= 0.6 is 0 Å². The van der Waals surface area contributed by atoms with Crippen molar-refractivity contribution in [1.29, 1.82) is 0 Å². The van der Waals surface area contributed by atoms with Crippen LogP contribution in [0.25, 0.3) is 0 Å². The standard InChI is InChI=1S/C10H15NO4/c1-4-6-14-9(12)8(3)11-10(13)15-7-5-2/h4-5,8H,1-2,6-7H2,3H3,(H,11,13). The maximum atomic E-state index is 11.2. The highest BCUT2D eigenvalue weighted by Crippen LogP contribution is 1.90. The van der Waals surface area contributed by atoms with Gasteiger partial charge in [-0.25, -0.2) is 9.59 Å². The van der Waals surface area contributed by atoms with Gasteiger partial charge in [-0.15, -0.1) is 0 Å². The van der Waals surface area contributed by atoms with Gasteiger partial charge in [0.05, 0.1) is 0 Å². The van der Waals surface area contributed by atoms with E-state index in [1.54, 1.807) is 0 Å². The first-order chi connectivity index (χ1) is 7.11. The second-order valence-electron chi connectivity index (χ2n) is 2.67. The second-order valence-corrected chi connectivity index (χ2v) is 2.67. The molecule has 0 radical (unpaired) electrons. The van der Waals surface area contributed by atoms with E-state index in [2.05, 4.69) is 23.2 Å². The SMILES string of the molecule is C=CCOC(=O)NC(C)C(=O)OCC=C. The molecule has 1 unspecified atom stereocenters. The topological polar surface area (TPSA) is 64.6 Å². The van der Waals surface area contributed by atoms with Crippen LogP contribution in [-0.2, 0) is 14.3 Å². The molecule has 0 heterocycles. The van der Waals surface area contributed by atoms with Crippen LogP contribution in [0.15, 0.2) is 25.3 Å². The lowest BCUT2D eigenvalue weighted by Crippen LogP contribution is -2.39. The number of alkyl carbamates (subject to hydrolysis) is 1. The number of hydrogen-bond donors (Lipinski definition) is 1. The van der Waals surface area contributed by atoms with Gasteiger partial charge in [-0.3, -0.25) is 0 Å². The fourth-order valence-electron chi connectivity index (χ4n) is 0.678. The Labute approximate surface area is 88.7 Å². The molecule has 0 aromatic heterocycles. The Balaban J connectivity index is 3.84. The highest BCUT2D eigenvalue weighted by molar-refractivity contribution is 5.80. The lowest BCUT2D eigenvalue weighted by molar-refractivity contribution is -0.144. The summed E-state index contributed by atoms with van der Waals surface area (Å²) in [6.45, 7) is 8.49. The van der Waals surface area contributed by atoms with Gasteiger partial charge in [0.15, 0.2) is 0 Å². The molecule has 0 saturated carbocycles. The molecule has 5 nitrogen and oxygen atoms in total. The van der Waals surface area contributed by atoms with Crippen molar-refractivity contribution < 1.29 is 19.1 Å². The molecule has 1 N–H and O–H groups in total. The Kier molecular flexibility index (Phi) is 6.70. The first kappa shape index (κ1) is 13.2. The van der Waals surface area contributed by atoms with Crippen molar-refractivity contribution >= 4 is 12.1 Å². The average Bonchev–Trinajstić information content (AvgIpc) is 2.22. The number of hydrogen-bond acceptors (Lipinski definition) is 4. The van der Waals surface area contributed by atoms with E-state index in [-0.39, 0.29) is 13.2 Å². The first-order valence-corrected chi connectivity index (χ1v) is 4.43. The molecule has 0 aliphatic heterocycles. The van der Waals surface area contributed by atoms with Crippen LogP contribution in [0.3, 0.4) is 0 Å². The predicted molar refractivity (Wildman–Crippen MR) is 55.3 cm³/mol. The smallest absolute Gasteiger partial charge is 0.408 e. The van der Waals surface area contributed by atoms with Gasteiger partial charge in [0.25, 0.3) is 0 Å². The lowest BCUT2D eigenvalue weighted by Gasteiger charge is -2.11. The zero-order valence-corrected chi connectivity index (χ0v) is 8.69. The molecule has 1 atom stereocenters. The molecule has 0 rings (SSSR count). The number of rotatable bonds is 6. The van der Waals surface area contributed by atoms with E-state index >= 15 is 0 Å². The minimum Gasteiger partial charge on any atom is -0.460 e. The van der Waals surface area contributed by atoms with Crippen LogP contribution in [0, 0.1) is 0 Å². The van der Waals surface area contributed by atoms with Crippen molar-refractivity contribution in [2.75, 3.05) is 13.2 Å². The highest BCUT2D eigenvalue weighted by atomic mass is 16.6. The van der Waals surface area contributed by atoms with E-state index in [4.69, 9.17) is 4.74 Å². The molecule has 0 spiro atoms. The molecule has 0 aliphatic rings. The Hall–Kier alpha value is -1.78. The molecule has 0 fully saturated rings. The largest absolute Gasteiger partial charge is 0.460 e. The quantitative estimate of drug-likeness (QED) is 0.528. The van der Waals surface area contributed by atoms with Crippen LogP contribution in [-0.4, -0.2) is 31.3 Å². The van der Waals surface area contributed by atoms with E-state index in [1.165, 1.54) is 19.1 Å². The third-order valence-corrected chi connectivity index (χ3v) is 1.36. The minimum atomic E-state index is -0.748. The number of carbonyl (C=O) groups is 2. The zero-order chi connectivity index (χ0) is 11.7. The van der Waals surface area contributed by atoms with Crippen LogP contribution in [0.2, 0.25) is 0 Å². The maximum Gasteiger partial charge on any atom is 0.408 e. The maximum absolute atomic E-state index is 11.2. The van der Waals surface area contributed by atoms with Gasteiger partial charge in [-0.05, 0) is 6.92 Å². The summed E-state index contributed by atoms with van der Waals surface area (Å²) in [7, 11) is 0. The van der Waals surface area contributed by atoms with Crippen molar-refractivity contribution in [2.45, 2.75) is 13.0 Å². The molecule has 0 aromatic carbocycles. The van der Waals surface area contributed by atoms with E-state index in [0.29, 0.717) is 0 Å². The minimum absolute atomic E-state index is 0.0975. The van der Waals surface area contributed by atoms with Crippen molar-refractivity contribution in [3.05, 3.63) is 25.3 Å². The molecule has 5 heteroatoms. The predicted octanol–water partition coefficient (Wildman–Crippen LogP) is 1.02. The Morgan fingerprint density at radius 2 is 1.80 bits per heavy atom. The Morgan fingerprint density at radius 1 is 1.27 bits per heavy atom. The van der Waals surface area contributed by atoms with Crippen LogP contribution < -0.4 is 5.32 Å². The molecular weight excluding hydrogens is 198 g/mol. The molecule has 0 bridgehead atoms. The highest BCUT2D eigenvalue weighted by Gasteiger charge is 2.16. The zero-order valence-electron chi connectivity index (χ0n) is 8.69. The summed E-state index contributed by atoms with van der Waals surface area (Å²) < 4.78 is 9.33. The number of amides is 1. The molecular formula is C10H15NO4. The van der Waals surface area contributed by atoms with Crippen molar-refractivity contribution in [3.8, 4) is 0 Å². The molecule has 0 aliphatic carbocycles. The number of carbonyl (C=O) groups excluding carboxylic acids is 2. The molecule has 0 saturated heterocycles. The van der Waals surface area contributed by atoms with E-state index in [0.717, 1.165) is 0 Å². The fraction of sp³-hybridized carbons (Fsp3) is 0.400. The summed E-state index contributed by atoms with van der Waals surface area (Å²) in [5, 5.41) is 2.31. The van der Waals surface area contributed by atoms with Crippen LogP contribution in [0.5, 0.6) is 0 Å². The van der Waals surface area contributed by atoms with Gasteiger partial charge in [-0.2, -0.15) is 0 Å². The number of nitrogens with one attached hydrogen (secondary N) is 1. The molecule has 15 heavy (non-hydrogen) atoms. The third kappa shape index (κ3) is 6.31. The van der Waals surface area contributed by atoms with Gasteiger partial charge >= 0.3 is 12.1 Å². The molecule has 1 amide bonds. The Bertz CT molecular complexity index is 250. The lowest BCUT2D eigenvalue weighted by atomic mass is 10.3. The van der Waals surface area contributed by atoms with E-state index in [9.17, 15) is 9.59 Å². The van der Waals surface area contributed by atoms with Crippen molar-refractivity contribution in [3.63, 3.8) is 0 Å². The van der Waals surface area contributed by atoms with Gasteiger partial charge in [0, 0.05) is 0 Å². The summed E-state index contributed by atoms with van der Waals surface area (Å²) in [6, 6.07) is -0.748. The summed E-state index contributed by atoms with van der Waals surface area (Å²) in [6.07, 6.45) is 2.19. The first-order valence-electron chi connectivity index (χ1n) is 4.43. The number of esters is 1. The van der Waals surface area contributed by atoms with Gasteiger partial charge < -0.3 is 14.8 Å². The summed E-state index contributed by atoms with van der Waals surface area (Å²) in [4.78, 5) is 22.1. The molecule has 0 aromatic rings. The normalized spacial score (nSPS) is 11.0. The van der Waals surface area contributed by atoms with Gasteiger partial charge in [0.2, 0.25) is 0 Å². The van der Waals surface area contributed by atoms with Crippen LogP contribution in [0.1, 0.15) is 6.92 Å². The Morgan fingerprint density at radius 3 is 2.33 bits per heavy atom. The van der Waals surface area contributed by atoms with Gasteiger partial charge in [0.1, 0.15) is 19.3 Å². The monoisotopic (exact) mass is 213 g/mol. The van der Waals surface area contributed by atoms with Crippen LogP contribution in [0.4, 0.5) is 4.79 Å². The molecule has 84 valence electrons. The third-order valence-electron chi connectivity index (χ3n) is 1.36. The average molecular weight is 213 g/mol. The van der Waals surface area contributed by atoms with Gasteiger partial charge in [-0.1, -0.05) is 25.3 Å². The number of ether oxygens (including phenoxy) is 2.